The standard InChI is InChI=1S/C30H50N4O5/c1-19(2)25(31-8)28(38)32-24(16-23-14-12-11-13-15-23)29(39)34(10)26(20(3)4)27(37)30(18-35,21(5)6)33(9)17-22(7)36/h11-15,18-22,24-26,31,36H,16-17H2,1-10H3,(H,32,38)/t22?,24-,25+,26+,30-/m1/s1. The molecule has 9 nitrogen and oxygen atoms in total. The fourth-order valence-corrected chi connectivity index (χ4v) is 5.37. The van der Waals surface area contributed by atoms with Crippen LogP contribution in [0.5, 0.6) is 0 Å². The molecule has 39 heavy (non-hydrogen) atoms. The number of carbonyl (C=O) groups excluding carboxylic acids is 4. The van der Waals surface area contributed by atoms with Crippen LogP contribution < -0.4 is 10.6 Å². The van der Waals surface area contributed by atoms with Gasteiger partial charge in [-0.1, -0.05) is 71.9 Å². The number of aldehydes is 1. The number of hydrogen-bond acceptors (Lipinski definition) is 7. The van der Waals surface area contributed by atoms with E-state index < -0.39 is 47.4 Å². The minimum Gasteiger partial charge on any atom is -0.392 e. The molecule has 0 saturated carbocycles. The van der Waals surface area contributed by atoms with Crippen LogP contribution in [0.25, 0.3) is 0 Å². The number of benzene rings is 1. The largest absolute Gasteiger partial charge is 0.392 e. The monoisotopic (exact) mass is 546 g/mol. The molecule has 0 fully saturated rings. The summed E-state index contributed by atoms with van der Waals surface area (Å²) in [5, 5.41) is 15.9. The Morgan fingerprint density at radius 3 is 1.95 bits per heavy atom. The van der Waals surface area contributed by atoms with Crippen LogP contribution in [0.15, 0.2) is 30.3 Å². The van der Waals surface area contributed by atoms with E-state index in [1.54, 1.807) is 46.8 Å². The molecule has 1 aromatic carbocycles. The van der Waals surface area contributed by atoms with E-state index in [2.05, 4.69) is 10.6 Å². The molecular formula is C30H50N4O5. The maximum Gasteiger partial charge on any atom is 0.245 e. The first-order valence-corrected chi connectivity index (χ1v) is 13.8. The van der Waals surface area contributed by atoms with E-state index in [0.29, 0.717) is 6.29 Å². The average molecular weight is 547 g/mol. The molecule has 1 aromatic rings. The van der Waals surface area contributed by atoms with Gasteiger partial charge in [-0.2, -0.15) is 0 Å². The van der Waals surface area contributed by atoms with E-state index in [9.17, 15) is 24.3 Å². The molecule has 9 heteroatoms. The van der Waals surface area contributed by atoms with E-state index in [0.717, 1.165) is 5.56 Å². The Bertz CT molecular complexity index is 950. The summed E-state index contributed by atoms with van der Waals surface area (Å²) < 4.78 is 0. The molecule has 1 unspecified atom stereocenters. The van der Waals surface area contributed by atoms with Crippen LogP contribution in [-0.4, -0.2) is 96.2 Å². The highest BCUT2D eigenvalue weighted by Crippen LogP contribution is 2.29. The van der Waals surface area contributed by atoms with Gasteiger partial charge < -0.3 is 25.4 Å². The number of aliphatic hydroxyl groups is 1. The van der Waals surface area contributed by atoms with Crippen molar-refractivity contribution in [1.29, 1.82) is 0 Å². The normalized spacial score (nSPS) is 16.5. The predicted molar refractivity (Wildman–Crippen MR) is 154 cm³/mol. The molecule has 3 N–H and O–H groups in total. The number of nitrogens with zero attached hydrogens (tertiary/aromatic N) is 2. The summed E-state index contributed by atoms with van der Waals surface area (Å²) in [4.78, 5) is 57.1. The predicted octanol–water partition coefficient (Wildman–Crippen LogP) is 1.92. The van der Waals surface area contributed by atoms with Gasteiger partial charge in [0, 0.05) is 20.0 Å². The summed E-state index contributed by atoms with van der Waals surface area (Å²) in [7, 11) is 4.89. The second kappa shape index (κ2) is 15.2. The number of amides is 2. The average Bonchev–Trinajstić information content (AvgIpc) is 2.83. The lowest BCUT2D eigenvalue weighted by molar-refractivity contribution is -0.152. The van der Waals surface area contributed by atoms with Crippen LogP contribution >= 0.6 is 0 Å². The second-order valence-corrected chi connectivity index (χ2v) is 11.6. The van der Waals surface area contributed by atoms with Gasteiger partial charge in [0.05, 0.1) is 18.2 Å². The molecule has 1 rings (SSSR count). The minimum atomic E-state index is -1.55. The van der Waals surface area contributed by atoms with Gasteiger partial charge in [0.15, 0.2) is 5.78 Å². The van der Waals surface area contributed by atoms with Gasteiger partial charge >= 0.3 is 0 Å². The maximum atomic E-state index is 14.2. The Morgan fingerprint density at radius 2 is 1.54 bits per heavy atom. The van der Waals surface area contributed by atoms with Crippen molar-refractivity contribution in [3.05, 3.63) is 35.9 Å². The van der Waals surface area contributed by atoms with Crippen molar-refractivity contribution in [1.82, 2.24) is 20.4 Å². The highest BCUT2D eigenvalue weighted by atomic mass is 16.3. The SMILES string of the molecule is CN[C@H](C(=O)N[C@H](Cc1ccccc1)C(=O)N(C)[C@H](C(=O)[C@@](C=O)(C(C)C)N(C)CC(C)O)C(C)C)C(C)C. The number of Topliss-reactive ketones (excluding diaryl/α,β-unsaturated/α-hetero) is 1. The van der Waals surface area contributed by atoms with Crippen LogP contribution in [0.4, 0.5) is 0 Å². The number of β-amino-alcohol motifs (C(OH)–C–C–N with tert-alkyl or cyclic N) is 1. The Morgan fingerprint density at radius 1 is 0.974 bits per heavy atom. The summed E-state index contributed by atoms with van der Waals surface area (Å²) >= 11 is 0. The summed E-state index contributed by atoms with van der Waals surface area (Å²) in [6, 6.07) is 7.02. The third kappa shape index (κ3) is 8.43. The number of nitrogens with one attached hydrogen (secondary N) is 2. The molecule has 0 aromatic heterocycles. The van der Waals surface area contributed by atoms with E-state index in [4.69, 9.17) is 0 Å². The summed E-state index contributed by atoms with van der Waals surface area (Å²) in [5.74, 6) is -1.88. The van der Waals surface area contributed by atoms with Crippen LogP contribution in [0, 0.1) is 17.8 Å². The third-order valence-corrected chi connectivity index (χ3v) is 7.45. The van der Waals surface area contributed by atoms with Crippen molar-refractivity contribution in [2.45, 2.75) is 84.7 Å². The number of hydrogen-bond donors (Lipinski definition) is 3. The molecule has 0 aliphatic rings. The maximum absolute atomic E-state index is 14.2. The topological polar surface area (TPSA) is 119 Å². The van der Waals surface area contributed by atoms with Gasteiger partial charge in [-0.15, -0.1) is 0 Å². The summed E-state index contributed by atoms with van der Waals surface area (Å²) in [5.41, 5.74) is -0.684. The molecule has 0 bridgehead atoms. The lowest BCUT2D eigenvalue weighted by atomic mass is 9.76. The zero-order valence-corrected chi connectivity index (χ0v) is 25.4. The van der Waals surface area contributed by atoms with E-state index in [1.807, 2.05) is 58.0 Å². The molecule has 0 aliphatic heterocycles. The molecule has 0 spiro atoms. The number of carbonyl (C=O) groups is 4. The van der Waals surface area contributed by atoms with Crippen LogP contribution in [0.3, 0.4) is 0 Å². The van der Waals surface area contributed by atoms with Gasteiger partial charge in [0.2, 0.25) is 11.8 Å². The Balaban J connectivity index is 3.51. The van der Waals surface area contributed by atoms with Gasteiger partial charge in [-0.05, 0) is 44.3 Å². The van der Waals surface area contributed by atoms with E-state index >= 15 is 0 Å². The quantitative estimate of drug-likeness (QED) is 0.214. The van der Waals surface area contributed by atoms with Crippen molar-refractivity contribution >= 4 is 23.9 Å². The minimum absolute atomic E-state index is 0.00565. The number of ketones is 1. The van der Waals surface area contributed by atoms with Gasteiger partial charge in [0.1, 0.15) is 17.9 Å². The highest BCUT2D eigenvalue weighted by Gasteiger charge is 2.50. The molecule has 220 valence electrons. The van der Waals surface area contributed by atoms with Gasteiger partial charge in [-0.3, -0.25) is 19.3 Å². The summed E-state index contributed by atoms with van der Waals surface area (Å²) in [6.07, 6.45) is 0.123. The zero-order valence-electron chi connectivity index (χ0n) is 25.4. The van der Waals surface area contributed by atoms with Crippen molar-refractivity contribution in [2.75, 3.05) is 27.7 Å². The number of aliphatic hydroxyl groups excluding tert-OH is 1. The fourth-order valence-electron chi connectivity index (χ4n) is 5.37. The van der Waals surface area contributed by atoms with Crippen LogP contribution in [0.1, 0.15) is 54.0 Å². The summed E-state index contributed by atoms with van der Waals surface area (Å²) in [6.45, 7) is 12.8. The number of rotatable bonds is 16. The van der Waals surface area contributed by atoms with Gasteiger partial charge in [-0.25, -0.2) is 0 Å². The van der Waals surface area contributed by atoms with Crippen molar-refractivity contribution < 1.29 is 24.3 Å². The Labute approximate surface area is 234 Å². The van der Waals surface area contributed by atoms with Crippen molar-refractivity contribution in [3.63, 3.8) is 0 Å². The lowest BCUT2D eigenvalue weighted by Crippen LogP contribution is -2.66. The van der Waals surface area contributed by atoms with Gasteiger partial charge in [0.25, 0.3) is 0 Å². The molecule has 5 atom stereocenters. The fraction of sp³-hybridized carbons (Fsp3) is 0.667. The molecule has 2 amide bonds. The molecule has 0 aliphatic carbocycles. The first-order valence-electron chi connectivity index (χ1n) is 13.8. The molecule has 0 saturated heterocycles. The van der Waals surface area contributed by atoms with E-state index in [-0.39, 0.29) is 30.7 Å². The Kier molecular flexibility index (Phi) is 13.4. The van der Waals surface area contributed by atoms with Crippen LogP contribution in [-0.2, 0) is 25.6 Å². The van der Waals surface area contributed by atoms with Crippen LogP contribution in [0.2, 0.25) is 0 Å². The first kappa shape index (κ1) is 34.4. The second-order valence-electron chi connectivity index (χ2n) is 11.6. The highest BCUT2D eigenvalue weighted by molar-refractivity contribution is 6.07. The van der Waals surface area contributed by atoms with E-state index in [1.165, 1.54) is 4.90 Å². The molecule has 0 radical (unpaired) electrons. The lowest BCUT2D eigenvalue weighted by Gasteiger charge is -2.44. The third-order valence-electron chi connectivity index (χ3n) is 7.45. The van der Waals surface area contributed by atoms with Crippen molar-refractivity contribution in [2.24, 2.45) is 17.8 Å². The van der Waals surface area contributed by atoms with Crippen molar-refractivity contribution in [3.8, 4) is 0 Å². The smallest absolute Gasteiger partial charge is 0.245 e. The molecular weight excluding hydrogens is 496 g/mol. The molecule has 0 heterocycles. The Hall–Kier alpha value is -2.62. The first-order chi connectivity index (χ1) is 18.1. The zero-order chi connectivity index (χ0) is 30.1. The number of likely N-dealkylation sites (N-methyl/N-ethyl adjacent to an activating group) is 3.